The van der Waals surface area contributed by atoms with Crippen LogP contribution in [0.3, 0.4) is 0 Å². The summed E-state index contributed by atoms with van der Waals surface area (Å²) in [6.07, 6.45) is 4.51. The maximum atomic E-state index is 11.2. The Morgan fingerprint density at radius 1 is 1.25 bits per heavy atom. The van der Waals surface area contributed by atoms with Gasteiger partial charge >= 0.3 is 0 Å². The van der Waals surface area contributed by atoms with Gasteiger partial charge in [0.25, 0.3) is 0 Å². The third-order valence-corrected chi connectivity index (χ3v) is 6.51. The van der Waals surface area contributed by atoms with Gasteiger partial charge in [0.15, 0.2) is 0 Å². The summed E-state index contributed by atoms with van der Waals surface area (Å²) in [5, 5.41) is 0.371. The normalized spacial score (nSPS) is 27.4. The summed E-state index contributed by atoms with van der Waals surface area (Å²) >= 11 is 1.73. The molecule has 0 spiro atoms. The van der Waals surface area contributed by atoms with Crippen molar-refractivity contribution >= 4 is 21.6 Å². The summed E-state index contributed by atoms with van der Waals surface area (Å²) in [4.78, 5) is 0. The van der Waals surface area contributed by atoms with Gasteiger partial charge in [-0.05, 0) is 30.7 Å². The van der Waals surface area contributed by atoms with E-state index in [-0.39, 0.29) is 11.8 Å². The molecule has 0 aliphatic heterocycles. The molecule has 20 heavy (non-hydrogen) atoms. The van der Waals surface area contributed by atoms with Gasteiger partial charge in [-0.2, -0.15) is 11.8 Å². The molecule has 2 N–H and O–H groups in total. The lowest BCUT2D eigenvalue weighted by molar-refractivity contribution is 0.406. The largest absolute Gasteiger partial charge is 0.327 e. The lowest BCUT2D eigenvalue weighted by Gasteiger charge is -2.34. The second-order valence-electron chi connectivity index (χ2n) is 5.62. The van der Waals surface area contributed by atoms with E-state index < -0.39 is 9.84 Å². The Kier molecular flexibility index (Phi) is 5.52. The van der Waals surface area contributed by atoms with Gasteiger partial charge in [0.2, 0.25) is 0 Å². The molecule has 3 atom stereocenters. The minimum absolute atomic E-state index is 0.194. The van der Waals surface area contributed by atoms with Crippen LogP contribution in [0.15, 0.2) is 30.3 Å². The average Bonchev–Trinajstić information content (AvgIpc) is 2.40. The van der Waals surface area contributed by atoms with E-state index in [0.717, 1.165) is 19.3 Å². The van der Waals surface area contributed by atoms with E-state index in [1.165, 1.54) is 11.8 Å². The third kappa shape index (κ3) is 4.79. The number of sulfone groups is 1. The standard InChI is InChI=1S/C15H23NO2S2/c1-20(17,18)10-9-19-15-11-13(7-8-14(15)16)12-5-3-2-4-6-12/h2-6,13-15H,7-11,16H2,1H3. The van der Waals surface area contributed by atoms with Crippen LogP contribution in [-0.2, 0) is 9.84 Å². The molecule has 1 aromatic carbocycles. The second kappa shape index (κ2) is 6.96. The van der Waals surface area contributed by atoms with Crippen molar-refractivity contribution in [3.63, 3.8) is 0 Å². The zero-order chi connectivity index (χ0) is 14.6. The summed E-state index contributed by atoms with van der Waals surface area (Å²) in [6.45, 7) is 0. The van der Waals surface area contributed by atoms with Crippen molar-refractivity contribution in [3.05, 3.63) is 35.9 Å². The molecular formula is C15H23NO2S2. The maximum Gasteiger partial charge on any atom is 0.148 e. The van der Waals surface area contributed by atoms with E-state index in [0.29, 0.717) is 16.9 Å². The van der Waals surface area contributed by atoms with Crippen molar-refractivity contribution < 1.29 is 8.42 Å². The lowest BCUT2D eigenvalue weighted by atomic mass is 9.82. The molecule has 2 rings (SSSR count). The quantitative estimate of drug-likeness (QED) is 0.907. The molecule has 0 heterocycles. The first-order chi connectivity index (χ1) is 9.46. The van der Waals surface area contributed by atoms with Crippen molar-refractivity contribution in [3.8, 4) is 0 Å². The first kappa shape index (κ1) is 15.9. The predicted octanol–water partition coefficient (Wildman–Crippen LogP) is 2.43. The highest BCUT2D eigenvalue weighted by atomic mass is 32.2. The molecule has 112 valence electrons. The van der Waals surface area contributed by atoms with Crippen LogP contribution >= 0.6 is 11.8 Å². The van der Waals surface area contributed by atoms with Gasteiger partial charge in [-0.3, -0.25) is 0 Å². The zero-order valence-corrected chi connectivity index (χ0v) is 13.5. The van der Waals surface area contributed by atoms with Crippen molar-refractivity contribution in [2.75, 3.05) is 17.8 Å². The Balaban J connectivity index is 1.91. The molecule has 0 aromatic heterocycles. The monoisotopic (exact) mass is 313 g/mol. The Labute approximate surface area is 126 Å². The Bertz CT molecular complexity index is 516. The van der Waals surface area contributed by atoms with Crippen LogP contribution in [0, 0.1) is 0 Å². The number of nitrogens with two attached hydrogens (primary N) is 1. The molecule has 1 aromatic rings. The SMILES string of the molecule is CS(=O)(=O)CCSC1CC(c2ccccc2)CCC1N. The Hall–Kier alpha value is -0.520. The molecule has 1 saturated carbocycles. The summed E-state index contributed by atoms with van der Waals surface area (Å²) in [5.41, 5.74) is 7.58. The minimum atomic E-state index is -2.87. The molecule has 0 saturated heterocycles. The van der Waals surface area contributed by atoms with E-state index in [4.69, 9.17) is 5.73 Å². The fourth-order valence-electron chi connectivity index (χ4n) is 2.72. The first-order valence-corrected chi connectivity index (χ1v) is 10.2. The van der Waals surface area contributed by atoms with Crippen LogP contribution in [0.4, 0.5) is 0 Å². The van der Waals surface area contributed by atoms with Gasteiger partial charge in [-0.25, -0.2) is 8.42 Å². The number of hydrogen-bond acceptors (Lipinski definition) is 4. The van der Waals surface area contributed by atoms with Crippen LogP contribution in [0.1, 0.15) is 30.7 Å². The molecule has 0 amide bonds. The van der Waals surface area contributed by atoms with E-state index in [1.54, 1.807) is 11.8 Å². The Morgan fingerprint density at radius 2 is 1.95 bits per heavy atom. The van der Waals surface area contributed by atoms with E-state index >= 15 is 0 Å². The molecule has 3 unspecified atom stereocenters. The van der Waals surface area contributed by atoms with E-state index in [1.807, 2.05) is 6.07 Å². The van der Waals surface area contributed by atoms with Crippen LogP contribution in [0.5, 0.6) is 0 Å². The highest BCUT2D eigenvalue weighted by Gasteiger charge is 2.29. The minimum Gasteiger partial charge on any atom is -0.327 e. The number of thioether (sulfide) groups is 1. The third-order valence-electron chi connectivity index (χ3n) is 3.90. The van der Waals surface area contributed by atoms with Gasteiger partial charge in [0.1, 0.15) is 9.84 Å². The van der Waals surface area contributed by atoms with Gasteiger partial charge in [0.05, 0.1) is 5.75 Å². The molecule has 3 nitrogen and oxygen atoms in total. The van der Waals surface area contributed by atoms with Crippen LogP contribution in [-0.4, -0.2) is 37.5 Å². The zero-order valence-electron chi connectivity index (χ0n) is 11.9. The smallest absolute Gasteiger partial charge is 0.148 e. The van der Waals surface area contributed by atoms with Gasteiger partial charge in [-0.15, -0.1) is 0 Å². The van der Waals surface area contributed by atoms with Crippen molar-refractivity contribution in [2.24, 2.45) is 5.73 Å². The fourth-order valence-corrected chi connectivity index (χ4v) is 5.37. The fraction of sp³-hybridized carbons (Fsp3) is 0.600. The van der Waals surface area contributed by atoms with Crippen molar-refractivity contribution in [2.45, 2.75) is 36.5 Å². The van der Waals surface area contributed by atoms with Crippen molar-refractivity contribution in [1.82, 2.24) is 0 Å². The predicted molar refractivity (Wildman–Crippen MR) is 87.0 cm³/mol. The summed E-state index contributed by atoms with van der Waals surface area (Å²) in [6, 6.07) is 10.8. The summed E-state index contributed by atoms with van der Waals surface area (Å²) in [7, 11) is -2.87. The maximum absolute atomic E-state index is 11.2. The average molecular weight is 313 g/mol. The molecule has 1 aliphatic rings. The van der Waals surface area contributed by atoms with Gasteiger partial charge in [-0.1, -0.05) is 30.3 Å². The van der Waals surface area contributed by atoms with E-state index in [2.05, 4.69) is 24.3 Å². The molecule has 0 radical (unpaired) electrons. The molecular weight excluding hydrogens is 290 g/mol. The number of hydrogen-bond donors (Lipinski definition) is 1. The summed E-state index contributed by atoms with van der Waals surface area (Å²) in [5.74, 6) is 1.46. The molecule has 1 fully saturated rings. The lowest BCUT2D eigenvalue weighted by Crippen LogP contribution is -2.38. The van der Waals surface area contributed by atoms with Crippen LogP contribution in [0.25, 0.3) is 0 Å². The topological polar surface area (TPSA) is 60.2 Å². The van der Waals surface area contributed by atoms with Crippen LogP contribution < -0.4 is 5.73 Å². The highest BCUT2D eigenvalue weighted by Crippen LogP contribution is 2.37. The highest BCUT2D eigenvalue weighted by molar-refractivity contribution is 8.01. The van der Waals surface area contributed by atoms with Crippen LogP contribution in [0.2, 0.25) is 0 Å². The van der Waals surface area contributed by atoms with Crippen molar-refractivity contribution in [1.29, 1.82) is 0 Å². The van der Waals surface area contributed by atoms with Gasteiger partial charge < -0.3 is 5.73 Å². The Morgan fingerprint density at radius 3 is 2.60 bits per heavy atom. The summed E-state index contributed by atoms with van der Waals surface area (Å²) < 4.78 is 22.4. The van der Waals surface area contributed by atoms with E-state index in [9.17, 15) is 8.42 Å². The molecule has 1 aliphatic carbocycles. The number of rotatable bonds is 5. The number of benzene rings is 1. The molecule has 0 bridgehead atoms. The second-order valence-corrected chi connectivity index (χ2v) is 9.23. The molecule has 5 heteroatoms. The first-order valence-electron chi connectivity index (χ1n) is 7.05. The van der Waals surface area contributed by atoms with Gasteiger partial charge in [0, 0.05) is 23.3 Å².